The Morgan fingerprint density at radius 3 is 2.37 bits per heavy atom. The van der Waals surface area contributed by atoms with Gasteiger partial charge >= 0.3 is 6.03 Å². The molecule has 1 aliphatic carbocycles. The molecule has 5 amide bonds. The SMILES string of the molecule is CC(C)N(C)C(=O)c1ccc(CNC(=O)CN2C(=O)NC3(CCCCC3)C2=O)cc1. The number of nitrogens with zero attached hydrogens (tertiary/aromatic N) is 2. The van der Waals surface area contributed by atoms with Gasteiger partial charge < -0.3 is 15.5 Å². The van der Waals surface area contributed by atoms with Crippen molar-refractivity contribution in [3.8, 4) is 0 Å². The van der Waals surface area contributed by atoms with Gasteiger partial charge in [0.2, 0.25) is 5.91 Å². The zero-order chi connectivity index (χ0) is 21.9. The summed E-state index contributed by atoms with van der Waals surface area (Å²) in [6.45, 7) is 3.86. The maximum Gasteiger partial charge on any atom is 0.325 e. The van der Waals surface area contributed by atoms with Gasteiger partial charge in [0.1, 0.15) is 12.1 Å². The Bertz CT molecular complexity index is 828. The smallest absolute Gasteiger partial charge is 0.325 e. The summed E-state index contributed by atoms with van der Waals surface area (Å²) in [6, 6.07) is 6.64. The highest BCUT2D eigenvalue weighted by molar-refractivity contribution is 6.09. The van der Waals surface area contributed by atoms with Crippen molar-refractivity contribution in [1.29, 1.82) is 0 Å². The highest BCUT2D eigenvalue weighted by Crippen LogP contribution is 2.33. The highest BCUT2D eigenvalue weighted by atomic mass is 16.2. The molecule has 1 aromatic rings. The predicted molar refractivity (Wildman–Crippen MR) is 112 cm³/mol. The van der Waals surface area contributed by atoms with E-state index in [0.717, 1.165) is 29.7 Å². The lowest BCUT2D eigenvalue weighted by Crippen LogP contribution is -2.49. The molecule has 2 fully saturated rings. The van der Waals surface area contributed by atoms with Crippen molar-refractivity contribution in [2.24, 2.45) is 0 Å². The molecule has 0 aromatic heterocycles. The molecule has 1 saturated carbocycles. The van der Waals surface area contributed by atoms with Crippen LogP contribution in [-0.2, 0) is 16.1 Å². The second-order valence-corrected chi connectivity index (χ2v) is 8.45. The molecule has 8 heteroatoms. The van der Waals surface area contributed by atoms with Crippen LogP contribution in [0.4, 0.5) is 4.79 Å². The van der Waals surface area contributed by atoms with Crippen LogP contribution >= 0.6 is 0 Å². The van der Waals surface area contributed by atoms with E-state index in [2.05, 4.69) is 10.6 Å². The van der Waals surface area contributed by atoms with Gasteiger partial charge in [-0.15, -0.1) is 0 Å². The van der Waals surface area contributed by atoms with Gasteiger partial charge in [0.05, 0.1) is 0 Å². The quantitative estimate of drug-likeness (QED) is 0.696. The van der Waals surface area contributed by atoms with Crippen molar-refractivity contribution in [2.45, 2.75) is 64.1 Å². The van der Waals surface area contributed by atoms with Gasteiger partial charge in [0.15, 0.2) is 0 Å². The first kappa shape index (κ1) is 21.8. The molecule has 0 bridgehead atoms. The monoisotopic (exact) mass is 414 g/mol. The number of urea groups is 1. The van der Waals surface area contributed by atoms with E-state index in [1.807, 2.05) is 13.8 Å². The van der Waals surface area contributed by atoms with Crippen LogP contribution in [-0.4, -0.2) is 58.7 Å². The molecule has 2 aliphatic rings. The van der Waals surface area contributed by atoms with Gasteiger partial charge in [-0.3, -0.25) is 19.3 Å². The molecule has 1 spiro atoms. The Hall–Kier alpha value is -2.90. The lowest BCUT2D eigenvalue weighted by atomic mass is 9.82. The summed E-state index contributed by atoms with van der Waals surface area (Å²) in [5, 5.41) is 5.54. The standard InChI is InChI=1S/C22H30N4O4/c1-15(2)25(3)19(28)17-9-7-16(8-10-17)13-23-18(27)14-26-20(29)22(24-21(26)30)11-5-4-6-12-22/h7-10,15H,4-6,11-14H2,1-3H3,(H,23,27)(H,24,30). The van der Waals surface area contributed by atoms with Crippen LogP contribution in [0, 0.1) is 0 Å². The number of benzene rings is 1. The van der Waals surface area contributed by atoms with Gasteiger partial charge in [-0.05, 0) is 44.4 Å². The van der Waals surface area contributed by atoms with Crippen LogP contribution < -0.4 is 10.6 Å². The van der Waals surface area contributed by atoms with Crippen LogP contribution in [0.5, 0.6) is 0 Å². The summed E-state index contributed by atoms with van der Waals surface area (Å²) in [4.78, 5) is 52.3. The number of amides is 5. The summed E-state index contributed by atoms with van der Waals surface area (Å²) >= 11 is 0. The van der Waals surface area contributed by atoms with Crippen LogP contribution in [0.2, 0.25) is 0 Å². The van der Waals surface area contributed by atoms with E-state index in [0.29, 0.717) is 18.4 Å². The van der Waals surface area contributed by atoms with Crippen LogP contribution in [0.15, 0.2) is 24.3 Å². The molecule has 1 saturated heterocycles. The topological polar surface area (TPSA) is 98.8 Å². The second kappa shape index (κ2) is 8.85. The summed E-state index contributed by atoms with van der Waals surface area (Å²) in [5.41, 5.74) is 0.590. The maximum atomic E-state index is 12.7. The molecule has 2 N–H and O–H groups in total. The van der Waals surface area contributed by atoms with Gasteiger partial charge in [-0.25, -0.2) is 4.79 Å². The summed E-state index contributed by atoms with van der Waals surface area (Å²) in [6.07, 6.45) is 4.12. The Labute approximate surface area is 177 Å². The molecule has 0 radical (unpaired) electrons. The summed E-state index contributed by atoms with van der Waals surface area (Å²) < 4.78 is 0. The first-order valence-electron chi connectivity index (χ1n) is 10.5. The Kier molecular flexibility index (Phi) is 6.43. The predicted octanol–water partition coefficient (Wildman–Crippen LogP) is 2.04. The first-order valence-corrected chi connectivity index (χ1v) is 10.5. The van der Waals surface area contributed by atoms with E-state index in [4.69, 9.17) is 0 Å². The summed E-state index contributed by atoms with van der Waals surface area (Å²) in [7, 11) is 1.76. The molecule has 0 unspecified atom stereocenters. The van der Waals surface area contributed by atoms with Crippen LogP contribution in [0.1, 0.15) is 61.9 Å². The van der Waals surface area contributed by atoms with E-state index in [1.54, 1.807) is 36.2 Å². The zero-order valence-corrected chi connectivity index (χ0v) is 17.9. The maximum absolute atomic E-state index is 12.7. The van der Waals surface area contributed by atoms with Gasteiger partial charge in [0.25, 0.3) is 11.8 Å². The van der Waals surface area contributed by atoms with E-state index in [9.17, 15) is 19.2 Å². The van der Waals surface area contributed by atoms with Gasteiger partial charge in [-0.2, -0.15) is 0 Å². The van der Waals surface area contributed by atoms with Crippen molar-refractivity contribution in [2.75, 3.05) is 13.6 Å². The molecule has 1 aromatic carbocycles. The molecular weight excluding hydrogens is 384 g/mol. The Morgan fingerprint density at radius 1 is 1.13 bits per heavy atom. The Morgan fingerprint density at radius 2 is 1.77 bits per heavy atom. The van der Waals surface area contributed by atoms with Crippen molar-refractivity contribution < 1.29 is 19.2 Å². The fourth-order valence-electron chi connectivity index (χ4n) is 3.92. The average molecular weight is 415 g/mol. The zero-order valence-electron chi connectivity index (χ0n) is 17.9. The first-order chi connectivity index (χ1) is 14.2. The number of imide groups is 1. The minimum Gasteiger partial charge on any atom is -0.350 e. The van der Waals surface area contributed by atoms with Gasteiger partial charge in [-0.1, -0.05) is 31.4 Å². The molecule has 3 rings (SSSR count). The number of carbonyl (C=O) groups excluding carboxylic acids is 4. The molecule has 30 heavy (non-hydrogen) atoms. The fraction of sp³-hybridized carbons (Fsp3) is 0.545. The molecular formula is C22H30N4O4. The number of rotatable bonds is 6. The average Bonchev–Trinajstić information content (AvgIpc) is 2.95. The lowest BCUT2D eigenvalue weighted by Gasteiger charge is -2.30. The van der Waals surface area contributed by atoms with E-state index in [1.165, 1.54) is 0 Å². The van der Waals surface area contributed by atoms with E-state index < -0.39 is 17.5 Å². The fourth-order valence-corrected chi connectivity index (χ4v) is 3.92. The number of hydrogen-bond acceptors (Lipinski definition) is 4. The molecule has 1 aliphatic heterocycles. The Balaban J connectivity index is 1.53. The lowest BCUT2D eigenvalue weighted by molar-refractivity contribution is -0.135. The highest BCUT2D eigenvalue weighted by Gasteiger charge is 2.51. The number of carbonyl (C=O) groups is 4. The minimum absolute atomic E-state index is 0.0595. The van der Waals surface area contributed by atoms with Crippen molar-refractivity contribution in [3.05, 3.63) is 35.4 Å². The third kappa shape index (κ3) is 4.47. The minimum atomic E-state index is -0.818. The molecule has 0 atom stereocenters. The molecule has 8 nitrogen and oxygen atoms in total. The van der Waals surface area contributed by atoms with Gasteiger partial charge in [0, 0.05) is 25.2 Å². The summed E-state index contributed by atoms with van der Waals surface area (Å²) in [5.74, 6) is -0.749. The van der Waals surface area contributed by atoms with Crippen molar-refractivity contribution in [1.82, 2.24) is 20.4 Å². The van der Waals surface area contributed by atoms with Crippen molar-refractivity contribution >= 4 is 23.8 Å². The van der Waals surface area contributed by atoms with Crippen LogP contribution in [0.3, 0.4) is 0 Å². The molecule has 1 heterocycles. The van der Waals surface area contributed by atoms with E-state index >= 15 is 0 Å². The van der Waals surface area contributed by atoms with Crippen LogP contribution in [0.25, 0.3) is 0 Å². The molecule has 162 valence electrons. The normalized spacial score (nSPS) is 17.9. The second-order valence-electron chi connectivity index (χ2n) is 8.45. The third-order valence-corrected chi connectivity index (χ3v) is 6.04. The van der Waals surface area contributed by atoms with Crippen molar-refractivity contribution in [3.63, 3.8) is 0 Å². The number of hydrogen-bond donors (Lipinski definition) is 2. The number of nitrogens with one attached hydrogen (secondary N) is 2. The van der Waals surface area contributed by atoms with E-state index in [-0.39, 0.29) is 30.9 Å². The third-order valence-electron chi connectivity index (χ3n) is 6.04. The largest absolute Gasteiger partial charge is 0.350 e.